The number of amides is 1. The van der Waals surface area contributed by atoms with Gasteiger partial charge in [0.1, 0.15) is 0 Å². The van der Waals surface area contributed by atoms with Crippen LogP contribution in [0.5, 0.6) is 0 Å². The van der Waals surface area contributed by atoms with Crippen molar-refractivity contribution in [1.82, 2.24) is 14.9 Å². The molecule has 0 bridgehead atoms. The zero-order valence-electron chi connectivity index (χ0n) is 13.3. The number of hydrogen-bond donors (Lipinski definition) is 2. The molecule has 0 spiro atoms. The first-order valence-corrected chi connectivity index (χ1v) is 8.29. The van der Waals surface area contributed by atoms with Crippen molar-refractivity contribution in [1.29, 1.82) is 0 Å². The molecule has 0 fully saturated rings. The van der Waals surface area contributed by atoms with Crippen LogP contribution in [0.15, 0.2) is 30.3 Å². The van der Waals surface area contributed by atoms with Crippen LogP contribution in [0.1, 0.15) is 28.7 Å². The molecule has 120 valence electrons. The SMILES string of the molecule is Cc1ccc(C)n1-c1nc2ccc(C(=O)N[C@H](C)CO)cc2s1. The number of benzene rings is 1. The Morgan fingerprint density at radius 3 is 2.65 bits per heavy atom. The molecular formula is C17H19N3O2S. The molecule has 5 nitrogen and oxygen atoms in total. The van der Waals surface area contributed by atoms with Gasteiger partial charge in [-0.1, -0.05) is 11.3 Å². The van der Waals surface area contributed by atoms with Crippen molar-refractivity contribution in [2.24, 2.45) is 0 Å². The van der Waals surface area contributed by atoms with Gasteiger partial charge in [0.15, 0.2) is 5.13 Å². The highest BCUT2D eigenvalue weighted by molar-refractivity contribution is 7.20. The Labute approximate surface area is 138 Å². The number of rotatable bonds is 4. The Kier molecular flexibility index (Phi) is 4.19. The van der Waals surface area contributed by atoms with E-state index in [1.165, 1.54) is 0 Å². The maximum atomic E-state index is 12.2. The van der Waals surface area contributed by atoms with Crippen molar-refractivity contribution in [2.75, 3.05) is 6.61 Å². The Balaban J connectivity index is 1.97. The molecule has 0 unspecified atom stereocenters. The number of aliphatic hydroxyl groups is 1. The van der Waals surface area contributed by atoms with Crippen molar-refractivity contribution >= 4 is 27.5 Å². The summed E-state index contributed by atoms with van der Waals surface area (Å²) in [7, 11) is 0. The molecule has 0 saturated heterocycles. The minimum absolute atomic E-state index is 0.0785. The highest BCUT2D eigenvalue weighted by Crippen LogP contribution is 2.28. The average Bonchev–Trinajstić information content (AvgIpc) is 3.08. The quantitative estimate of drug-likeness (QED) is 0.773. The van der Waals surface area contributed by atoms with Gasteiger partial charge in [-0.25, -0.2) is 4.98 Å². The number of nitrogens with one attached hydrogen (secondary N) is 1. The third-order valence-electron chi connectivity index (χ3n) is 3.75. The molecule has 23 heavy (non-hydrogen) atoms. The van der Waals surface area contributed by atoms with Crippen LogP contribution >= 0.6 is 11.3 Å². The zero-order chi connectivity index (χ0) is 16.6. The van der Waals surface area contributed by atoms with E-state index >= 15 is 0 Å². The first-order valence-electron chi connectivity index (χ1n) is 7.47. The summed E-state index contributed by atoms with van der Waals surface area (Å²) >= 11 is 1.56. The van der Waals surface area contributed by atoms with E-state index in [1.54, 1.807) is 24.3 Å². The van der Waals surface area contributed by atoms with E-state index in [2.05, 4.69) is 27.0 Å². The van der Waals surface area contributed by atoms with Gasteiger partial charge in [0, 0.05) is 23.0 Å². The molecule has 1 atom stereocenters. The average molecular weight is 329 g/mol. The molecule has 2 N–H and O–H groups in total. The van der Waals surface area contributed by atoms with Crippen LogP contribution in [0, 0.1) is 13.8 Å². The number of aliphatic hydroxyl groups excluding tert-OH is 1. The predicted molar refractivity (Wildman–Crippen MR) is 92.4 cm³/mol. The normalized spacial score (nSPS) is 12.5. The van der Waals surface area contributed by atoms with Crippen molar-refractivity contribution in [2.45, 2.75) is 26.8 Å². The van der Waals surface area contributed by atoms with Gasteiger partial charge in [-0.05, 0) is 51.1 Å². The van der Waals surface area contributed by atoms with Crippen LogP contribution < -0.4 is 5.32 Å². The number of carbonyl (C=O) groups is 1. The Morgan fingerprint density at radius 2 is 2.00 bits per heavy atom. The number of hydrogen-bond acceptors (Lipinski definition) is 4. The van der Waals surface area contributed by atoms with E-state index in [-0.39, 0.29) is 18.6 Å². The molecule has 3 rings (SSSR count). The lowest BCUT2D eigenvalue weighted by Crippen LogP contribution is -2.34. The van der Waals surface area contributed by atoms with Gasteiger partial charge in [-0.15, -0.1) is 0 Å². The molecule has 3 aromatic rings. The maximum Gasteiger partial charge on any atom is 0.251 e. The number of thiazole rings is 1. The minimum atomic E-state index is -0.264. The summed E-state index contributed by atoms with van der Waals surface area (Å²) in [5.41, 5.74) is 3.73. The van der Waals surface area contributed by atoms with Crippen LogP contribution in [0.25, 0.3) is 15.3 Å². The van der Waals surface area contributed by atoms with Gasteiger partial charge < -0.3 is 10.4 Å². The van der Waals surface area contributed by atoms with Gasteiger partial charge >= 0.3 is 0 Å². The second-order valence-corrected chi connectivity index (χ2v) is 6.70. The lowest BCUT2D eigenvalue weighted by Gasteiger charge is -2.10. The fraction of sp³-hybridized carbons (Fsp3) is 0.294. The Hall–Kier alpha value is -2.18. The molecule has 0 aliphatic carbocycles. The van der Waals surface area contributed by atoms with Gasteiger partial charge in [-0.3, -0.25) is 9.36 Å². The summed E-state index contributed by atoms with van der Waals surface area (Å²) < 4.78 is 3.08. The number of fused-ring (bicyclic) bond motifs is 1. The molecule has 0 aliphatic heterocycles. The number of aryl methyl sites for hydroxylation is 2. The lowest BCUT2D eigenvalue weighted by molar-refractivity contribution is 0.0922. The van der Waals surface area contributed by atoms with E-state index in [4.69, 9.17) is 5.11 Å². The van der Waals surface area contributed by atoms with Crippen LogP contribution in [0.4, 0.5) is 0 Å². The van der Waals surface area contributed by atoms with Gasteiger partial charge in [-0.2, -0.15) is 0 Å². The first kappa shape index (κ1) is 15.7. The minimum Gasteiger partial charge on any atom is -0.394 e. The van der Waals surface area contributed by atoms with Gasteiger partial charge in [0.05, 0.1) is 16.8 Å². The second-order valence-electron chi connectivity index (χ2n) is 5.69. The molecule has 0 aliphatic rings. The molecule has 2 aromatic heterocycles. The van der Waals surface area contributed by atoms with E-state index in [0.29, 0.717) is 5.56 Å². The summed E-state index contributed by atoms with van der Waals surface area (Å²) in [5.74, 6) is -0.184. The summed E-state index contributed by atoms with van der Waals surface area (Å²) in [4.78, 5) is 16.8. The van der Waals surface area contributed by atoms with Crippen molar-refractivity contribution in [3.63, 3.8) is 0 Å². The first-order chi connectivity index (χ1) is 11.0. The summed E-state index contributed by atoms with van der Waals surface area (Å²) in [6.45, 7) is 5.78. The van der Waals surface area contributed by atoms with Crippen LogP contribution in [-0.2, 0) is 0 Å². The Morgan fingerprint density at radius 1 is 1.30 bits per heavy atom. The van der Waals surface area contributed by atoms with Crippen LogP contribution in [-0.4, -0.2) is 33.2 Å². The highest BCUT2D eigenvalue weighted by Gasteiger charge is 2.13. The van der Waals surface area contributed by atoms with E-state index in [0.717, 1.165) is 26.7 Å². The number of aromatic nitrogens is 2. The van der Waals surface area contributed by atoms with Crippen molar-refractivity contribution in [3.8, 4) is 5.13 Å². The smallest absolute Gasteiger partial charge is 0.251 e. The molecule has 0 radical (unpaired) electrons. The van der Waals surface area contributed by atoms with Gasteiger partial charge in [0.25, 0.3) is 5.91 Å². The molecule has 2 heterocycles. The monoisotopic (exact) mass is 329 g/mol. The second kappa shape index (κ2) is 6.14. The van der Waals surface area contributed by atoms with E-state index in [9.17, 15) is 4.79 Å². The standard InChI is InChI=1S/C17H19N3O2S/c1-10(9-21)18-16(22)13-6-7-14-15(8-13)23-17(19-14)20-11(2)4-5-12(20)3/h4-8,10,21H,9H2,1-3H3,(H,18,22)/t10-/m1/s1. The highest BCUT2D eigenvalue weighted by atomic mass is 32.1. The van der Waals surface area contributed by atoms with Gasteiger partial charge in [0.2, 0.25) is 0 Å². The molecule has 1 aromatic carbocycles. The molecule has 0 saturated carbocycles. The van der Waals surface area contributed by atoms with Crippen LogP contribution in [0.2, 0.25) is 0 Å². The summed E-state index contributed by atoms with van der Waals surface area (Å²) in [5, 5.41) is 12.7. The summed E-state index contributed by atoms with van der Waals surface area (Å²) in [6, 6.07) is 9.35. The van der Waals surface area contributed by atoms with Crippen LogP contribution in [0.3, 0.4) is 0 Å². The summed E-state index contributed by atoms with van der Waals surface area (Å²) in [6.07, 6.45) is 0. The van der Waals surface area contributed by atoms with E-state index < -0.39 is 0 Å². The fourth-order valence-electron chi connectivity index (χ4n) is 2.47. The number of nitrogens with zero attached hydrogens (tertiary/aromatic N) is 2. The topological polar surface area (TPSA) is 67.2 Å². The third kappa shape index (κ3) is 3.00. The lowest BCUT2D eigenvalue weighted by atomic mass is 10.2. The largest absolute Gasteiger partial charge is 0.394 e. The molecule has 1 amide bonds. The number of carbonyl (C=O) groups excluding carboxylic acids is 1. The molecule has 6 heteroatoms. The molecular weight excluding hydrogens is 310 g/mol. The fourth-order valence-corrected chi connectivity index (χ4v) is 3.60. The third-order valence-corrected chi connectivity index (χ3v) is 4.76. The predicted octanol–water partition coefficient (Wildman–Crippen LogP) is 2.81. The Bertz CT molecular complexity index is 846. The maximum absolute atomic E-state index is 12.2. The van der Waals surface area contributed by atoms with E-state index in [1.807, 2.05) is 26.0 Å². The van der Waals surface area contributed by atoms with Crippen molar-refractivity contribution in [3.05, 3.63) is 47.3 Å². The van der Waals surface area contributed by atoms with Crippen molar-refractivity contribution < 1.29 is 9.90 Å². The zero-order valence-corrected chi connectivity index (χ0v) is 14.1.